The van der Waals surface area contributed by atoms with Gasteiger partial charge in [0.1, 0.15) is 23.7 Å². The van der Waals surface area contributed by atoms with Gasteiger partial charge in [0, 0.05) is 51.0 Å². The Labute approximate surface area is 170 Å². The minimum atomic E-state index is -0.692. The molecular weight excluding hydrogens is 370 g/mol. The summed E-state index contributed by atoms with van der Waals surface area (Å²) >= 11 is 0. The lowest BCUT2D eigenvalue weighted by molar-refractivity contribution is -0.142. The fourth-order valence-electron chi connectivity index (χ4n) is 4.03. The average molecular weight is 397 g/mol. The molecule has 0 unspecified atom stereocenters. The molecule has 2 saturated heterocycles. The third kappa shape index (κ3) is 4.36. The van der Waals surface area contributed by atoms with Gasteiger partial charge in [0.2, 0.25) is 0 Å². The Morgan fingerprint density at radius 3 is 2.03 bits per heavy atom. The first-order chi connectivity index (χ1) is 14.1. The molecule has 8 heteroatoms. The van der Waals surface area contributed by atoms with Gasteiger partial charge in [-0.05, 0) is 37.1 Å². The van der Waals surface area contributed by atoms with Crippen molar-refractivity contribution in [1.82, 2.24) is 9.97 Å². The first-order valence-electron chi connectivity index (χ1n) is 10.1. The lowest BCUT2D eigenvalue weighted by atomic mass is 9.97. The van der Waals surface area contributed by atoms with Crippen LogP contribution in [-0.4, -0.2) is 67.4 Å². The normalized spacial score (nSPS) is 18.0. The van der Waals surface area contributed by atoms with Crippen LogP contribution in [0.15, 0.2) is 36.7 Å². The lowest BCUT2D eigenvalue weighted by Gasteiger charge is -2.37. The molecule has 0 bridgehead atoms. The van der Waals surface area contributed by atoms with Gasteiger partial charge in [-0.25, -0.2) is 9.97 Å². The highest BCUT2D eigenvalue weighted by atomic mass is 16.5. The molecule has 1 aromatic heterocycles. The van der Waals surface area contributed by atoms with Crippen LogP contribution >= 0.6 is 0 Å². The van der Waals surface area contributed by atoms with E-state index in [1.807, 2.05) is 18.2 Å². The van der Waals surface area contributed by atoms with Crippen molar-refractivity contribution in [2.75, 3.05) is 61.1 Å². The second kappa shape index (κ2) is 8.55. The molecule has 1 aromatic carbocycles. The number of carboxylic acids is 1. The van der Waals surface area contributed by atoms with Crippen LogP contribution < -0.4 is 19.4 Å². The summed E-state index contributed by atoms with van der Waals surface area (Å²) in [5.41, 5.74) is 1.20. The van der Waals surface area contributed by atoms with E-state index in [-0.39, 0.29) is 5.92 Å². The standard InChI is InChI=1S/C21H27N5O3/c1-29-18-4-2-17(3-5-18)24-10-12-26(13-11-24)20-14-19(22-15-23-20)25-8-6-16(7-9-25)21(27)28/h2-5,14-16H,6-13H2,1H3,(H,27,28). The van der Waals surface area contributed by atoms with Crippen molar-refractivity contribution in [3.05, 3.63) is 36.7 Å². The maximum Gasteiger partial charge on any atom is 0.306 e. The molecule has 2 aliphatic heterocycles. The molecule has 2 aromatic rings. The van der Waals surface area contributed by atoms with Crippen molar-refractivity contribution in [1.29, 1.82) is 0 Å². The topological polar surface area (TPSA) is 82.0 Å². The van der Waals surface area contributed by atoms with Gasteiger partial charge in [-0.2, -0.15) is 0 Å². The number of ether oxygens (including phenoxy) is 1. The van der Waals surface area contributed by atoms with E-state index >= 15 is 0 Å². The fraction of sp³-hybridized carbons (Fsp3) is 0.476. The highest BCUT2D eigenvalue weighted by Crippen LogP contribution is 2.26. The van der Waals surface area contributed by atoms with Gasteiger partial charge < -0.3 is 24.5 Å². The summed E-state index contributed by atoms with van der Waals surface area (Å²) in [6.07, 6.45) is 2.94. The predicted octanol–water partition coefficient (Wildman–Crippen LogP) is 2.11. The van der Waals surface area contributed by atoms with Crippen molar-refractivity contribution < 1.29 is 14.6 Å². The number of hydrogen-bond acceptors (Lipinski definition) is 7. The average Bonchev–Trinajstić information content (AvgIpc) is 2.79. The summed E-state index contributed by atoms with van der Waals surface area (Å²) in [6, 6.07) is 10.2. The maximum atomic E-state index is 11.2. The largest absolute Gasteiger partial charge is 0.497 e. The van der Waals surface area contributed by atoms with Gasteiger partial charge in [-0.15, -0.1) is 0 Å². The quantitative estimate of drug-likeness (QED) is 0.822. The Bertz CT molecular complexity index is 828. The van der Waals surface area contributed by atoms with Crippen LogP contribution in [0.1, 0.15) is 12.8 Å². The van der Waals surface area contributed by atoms with E-state index in [9.17, 15) is 9.90 Å². The van der Waals surface area contributed by atoms with Gasteiger partial charge in [0.25, 0.3) is 0 Å². The van der Waals surface area contributed by atoms with Crippen LogP contribution in [0, 0.1) is 5.92 Å². The minimum Gasteiger partial charge on any atom is -0.497 e. The summed E-state index contributed by atoms with van der Waals surface area (Å²) < 4.78 is 5.24. The Hall–Kier alpha value is -3.03. The Morgan fingerprint density at radius 2 is 1.48 bits per heavy atom. The summed E-state index contributed by atoms with van der Waals surface area (Å²) in [5.74, 6) is 1.76. The van der Waals surface area contributed by atoms with E-state index in [0.717, 1.165) is 56.7 Å². The van der Waals surface area contributed by atoms with Crippen LogP contribution in [0.3, 0.4) is 0 Å². The molecule has 2 fully saturated rings. The van der Waals surface area contributed by atoms with Gasteiger partial charge >= 0.3 is 5.97 Å². The molecule has 154 valence electrons. The number of carbonyl (C=O) groups is 1. The summed E-state index contributed by atoms with van der Waals surface area (Å²) in [7, 11) is 1.68. The first-order valence-corrected chi connectivity index (χ1v) is 10.1. The molecule has 0 amide bonds. The molecule has 8 nitrogen and oxygen atoms in total. The highest BCUT2D eigenvalue weighted by Gasteiger charge is 2.26. The Morgan fingerprint density at radius 1 is 0.931 bits per heavy atom. The van der Waals surface area contributed by atoms with Crippen molar-refractivity contribution >= 4 is 23.3 Å². The van der Waals surface area contributed by atoms with Crippen molar-refractivity contribution in [3.63, 3.8) is 0 Å². The van der Waals surface area contributed by atoms with E-state index in [4.69, 9.17) is 4.74 Å². The van der Waals surface area contributed by atoms with Crippen LogP contribution in [0.2, 0.25) is 0 Å². The second-order valence-corrected chi connectivity index (χ2v) is 7.51. The van der Waals surface area contributed by atoms with Crippen LogP contribution in [0.4, 0.5) is 17.3 Å². The van der Waals surface area contributed by atoms with Gasteiger partial charge in [-0.3, -0.25) is 4.79 Å². The fourth-order valence-corrected chi connectivity index (χ4v) is 4.03. The zero-order valence-electron chi connectivity index (χ0n) is 16.7. The van der Waals surface area contributed by atoms with E-state index in [2.05, 4.69) is 36.8 Å². The summed E-state index contributed by atoms with van der Waals surface area (Å²) in [6.45, 7) is 5.08. The number of piperidine rings is 1. The number of hydrogen-bond donors (Lipinski definition) is 1. The smallest absolute Gasteiger partial charge is 0.306 e. The third-order valence-corrected chi connectivity index (χ3v) is 5.85. The van der Waals surface area contributed by atoms with E-state index in [1.54, 1.807) is 13.4 Å². The molecular formula is C21H27N5O3. The highest BCUT2D eigenvalue weighted by molar-refractivity contribution is 5.70. The lowest BCUT2D eigenvalue weighted by Crippen LogP contribution is -2.47. The van der Waals surface area contributed by atoms with Crippen LogP contribution in [0.5, 0.6) is 5.75 Å². The Balaban J connectivity index is 1.36. The van der Waals surface area contributed by atoms with Gasteiger partial charge in [0.15, 0.2) is 0 Å². The number of carboxylic acid groups (broad SMARTS) is 1. The number of aliphatic carboxylic acids is 1. The molecule has 0 radical (unpaired) electrons. The van der Waals surface area contributed by atoms with Crippen molar-refractivity contribution in [3.8, 4) is 5.75 Å². The van der Waals surface area contributed by atoms with Crippen LogP contribution in [-0.2, 0) is 4.79 Å². The third-order valence-electron chi connectivity index (χ3n) is 5.85. The Kier molecular flexibility index (Phi) is 5.69. The summed E-state index contributed by atoms with van der Waals surface area (Å²) in [4.78, 5) is 26.9. The maximum absolute atomic E-state index is 11.2. The minimum absolute atomic E-state index is 0.237. The van der Waals surface area contributed by atoms with Gasteiger partial charge in [0.05, 0.1) is 13.0 Å². The number of benzene rings is 1. The van der Waals surface area contributed by atoms with E-state index in [0.29, 0.717) is 12.8 Å². The second-order valence-electron chi connectivity index (χ2n) is 7.51. The van der Waals surface area contributed by atoms with Gasteiger partial charge in [-0.1, -0.05) is 0 Å². The molecule has 4 rings (SSSR count). The molecule has 0 atom stereocenters. The number of aromatic nitrogens is 2. The monoisotopic (exact) mass is 397 g/mol. The van der Waals surface area contributed by atoms with Crippen molar-refractivity contribution in [2.45, 2.75) is 12.8 Å². The number of rotatable bonds is 5. The molecule has 1 N–H and O–H groups in total. The van der Waals surface area contributed by atoms with Crippen molar-refractivity contribution in [2.24, 2.45) is 5.92 Å². The number of nitrogens with zero attached hydrogens (tertiary/aromatic N) is 5. The van der Waals surface area contributed by atoms with E-state index < -0.39 is 5.97 Å². The molecule has 0 aliphatic carbocycles. The summed E-state index contributed by atoms with van der Waals surface area (Å²) in [5, 5.41) is 9.18. The zero-order valence-corrected chi connectivity index (χ0v) is 16.7. The number of piperazine rings is 1. The molecule has 0 saturated carbocycles. The number of anilines is 3. The SMILES string of the molecule is COc1ccc(N2CCN(c3cc(N4CCC(C(=O)O)CC4)ncn3)CC2)cc1. The van der Waals surface area contributed by atoms with E-state index in [1.165, 1.54) is 5.69 Å². The first kappa shape index (κ1) is 19.3. The van der Waals surface area contributed by atoms with Crippen LogP contribution in [0.25, 0.3) is 0 Å². The molecule has 0 spiro atoms. The predicted molar refractivity (Wildman–Crippen MR) is 112 cm³/mol. The zero-order chi connectivity index (χ0) is 20.2. The number of methoxy groups -OCH3 is 1. The molecule has 29 heavy (non-hydrogen) atoms. The molecule has 3 heterocycles. The molecule has 2 aliphatic rings.